The van der Waals surface area contributed by atoms with Gasteiger partial charge in [-0.3, -0.25) is 14.3 Å². The first-order chi connectivity index (χ1) is 15.7. The van der Waals surface area contributed by atoms with Crippen molar-refractivity contribution in [1.29, 1.82) is 0 Å². The van der Waals surface area contributed by atoms with E-state index in [0.717, 1.165) is 19.3 Å². The van der Waals surface area contributed by atoms with Crippen molar-refractivity contribution in [3.8, 4) is 11.4 Å². The van der Waals surface area contributed by atoms with Crippen molar-refractivity contribution in [3.05, 3.63) is 59.5 Å². The second-order valence-electron chi connectivity index (χ2n) is 8.00. The molecule has 0 bridgehead atoms. The summed E-state index contributed by atoms with van der Waals surface area (Å²) < 4.78 is 33.8. The highest BCUT2D eigenvalue weighted by Crippen LogP contribution is 2.26. The van der Waals surface area contributed by atoms with Gasteiger partial charge in [0.15, 0.2) is 5.78 Å². The Morgan fingerprint density at radius 2 is 1.73 bits per heavy atom. The molecule has 1 saturated heterocycles. The number of amides is 1. The number of likely N-dealkylation sites (tertiary alicyclic amines) is 1. The molecule has 4 rings (SSSR count). The molecule has 1 aliphatic heterocycles. The van der Waals surface area contributed by atoms with Crippen molar-refractivity contribution < 1.29 is 22.5 Å². The first-order valence-electron chi connectivity index (χ1n) is 10.6. The SMILES string of the molecule is CC(=O)c1ccc(NS(=O)(=O)c2cc(-c3noc(C(=O)N4CCCCC4)n3)ccc2C)cc1. The number of hydrogen-bond acceptors (Lipinski definition) is 7. The lowest BCUT2D eigenvalue weighted by Crippen LogP contribution is -2.35. The van der Waals surface area contributed by atoms with Crippen LogP contribution in [0.4, 0.5) is 5.69 Å². The van der Waals surface area contributed by atoms with Crippen LogP contribution in [-0.4, -0.2) is 48.2 Å². The summed E-state index contributed by atoms with van der Waals surface area (Å²) in [5.74, 6) is -0.395. The zero-order valence-corrected chi connectivity index (χ0v) is 19.2. The van der Waals surface area contributed by atoms with Gasteiger partial charge >= 0.3 is 11.8 Å². The monoisotopic (exact) mass is 468 g/mol. The highest BCUT2D eigenvalue weighted by molar-refractivity contribution is 7.92. The molecule has 2 heterocycles. The summed E-state index contributed by atoms with van der Waals surface area (Å²) in [7, 11) is -3.93. The lowest BCUT2D eigenvalue weighted by atomic mass is 10.1. The van der Waals surface area contributed by atoms with E-state index in [4.69, 9.17) is 4.52 Å². The third-order valence-electron chi connectivity index (χ3n) is 5.53. The lowest BCUT2D eigenvalue weighted by molar-refractivity contribution is 0.0674. The van der Waals surface area contributed by atoms with Crippen LogP contribution < -0.4 is 4.72 Å². The molecule has 1 fully saturated rings. The van der Waals surface area contributed by atoms with Gasteiger partial charge in [0.25, 0.3) is 10.0 Å². The molecule has 2 aromatic carbocycles. The fourth-order valence-electron chi connectivity index (χ4n) is 3.67. The maximum absolute atomic E-state index is 13.0. The molecule has 9 nitrogen and oxygen atoms in total. The number of nitrogens with one attached hydrogen (secondary N) is 1. The van der Waals surface area contributed by atoms with Crippen LogP contribution in [0.1, 0.15) is 52.8 Å². The Labute approximate surface area is 191 Å². The van der Waals surface area contributed by atoms with Crippen LogP contribution in [0, 0.1) is 6.92 Å². The number of aryl methyl sites for hydroxylation is 1. The third kappa shape index (κ3) is 4.95. The molecule has 0 saturated carbocycles. The molecule has 172 valence electrons. The van der Waals surface area contributed by atoms with E-state index in [1.54, 1.807) is 36.1 Å². The Bertz CT molecular complexity index is 1290. The maximum atomic E-state index is 13.0. The van der Waals surface area contributed by atoms with Crippen LogP contribution in [0.5, 0.6) is 0 Å². The Morgan fingerprint density at radius 3 is 2.39 bits per heavy atom. The number of aromatic nitrogens is 2. The molecular weight excluding hydrogens is 444 g/mol. The molecule has 0 unspecified atom stereocenters. The Hall–Kier alpha value is -3.53. The number of carbonyl (C=O) groups excluding carboxylic acids is 2. The van der Waals surface area contributed by atoms with E-state index >= 15 is 0 Å². The van der Waals surface area contributed by atoms with Gasteiger partial charge in [0.05, 0.1) is 4.90 Å². The van der Waals surface area contributed by atoms with E-state index in [1.165, 1.54) is 25.1 Å². The van der Waals surface area contributed by atoms with Gasteiger partial charge in [0.1, 0.15) is 0 Å². The molecule has 33 heavy (non-hydrogen) atoms. The summed E-state index contributed by atoms with van der Waals surface area (Å²) in [5.41, 5.74) is 1.76. The molecular formula is C23H24N4O5S. The van der Waals surface area contributed by atoms with E-state index in [0.29, 0.717) is 35.5 Å². The van der Waals surface area contributed by atoms with Crippen molar-refractivity contribution in [1.82, 2.24) is 15.0 Å². The summed E-state index contributed by atoms with van der Waals surface area (Å²) in [5, 5.41) is 3.88. The van der Waals surface area contributed by atoms with E-state index < -0.39 is 10.0 Å². The first kappa shape index (κ1) is 22.7. The van der Waals surface area contributed by atoms with Crippen molar-refractivity contribution in [2.24, 2.45) is 0 Å². The number of Topliss-reactive ketones (excluding diaryl/α,β-unsaturated/α-hetero) is 1. The van der Waals surface area contributed by atoms with Crippen LogP contribution >= 0.6 is 0 Å². The molecule has 1 aliphatic rings. The predicted octanol–water partition coefficient (Wildman–Crippen LogP) is 3.67. The fourth-order valence-corrected chi connectivity index (χ4v) is 5.00. The predicted molar refractivity (Wildman–Crippen MR) is 121 cm³/mol. The van der Waals surface area contributed by atoms with Crippen LogP contribution in [0.25, 0.3) is 11.4 Å². The number of piperidine rings is 1. The molecule has 0 spiro atoms. The molecule has 1 amide bonds. The van der Waals surface area contributed by atoms with Crippen LogP contribution in [0.3, 0.4) is 0 Å². The van der Waals surface area contributed by atoms with Gasteiger partial charge in [-0.15, -0.1) is 0 Å². The average molecular weight is 469 g/mol. The number of benzene rings is 2. The zero-order valence-electron chi connectivity index (χ0n) is 18.4. The quantitative estimate of drug-likeness (QED) is 0.548. The number of rotatable bonds is 6. The normalized spacial score (nSPS) is 14.2. The Morgan fingerprint density at radius 1 is 1.03 bits per heavy atom. The summed E-state index contributed by atoms with van der Waals surface area (Å²) in [6.45, 7) is 4.43. The van der Waals surface area contributed by atoms with E-state index in [9.17, 15) is 18.0 Å². The van der Waals surface area contributed by atoms with Crippen molar-refractivity contribution in [2.75, 3.05) is 17.8 Å². The molecule has 1 aromatic heterocycles. The summed E-state index contributed by atoms with van der Waals surface area (Å²) in [6.07, 6.45) is 2.97. The number of anilines is 1. The second-order valence-corrected chi connectivity index (χ2v) is 9.65. The van der Waals surface area contributed by atoms with Gasteiger partial charge in [-0.25, -0.2) is 8.42 Å². The number of sulfonamides is 1. The van der Waals surface area contributed by atoms with Gasteiger partial charge < -0.3 is 9.42 Å². The minimum Gasteiger partial charge on any atom is -0.334 e. The van der Waals surface area contributed by atoms with E-state index in [-0.39, 0.29) is 28.3 Å². The van der Waals surface area contributed by atoms with Crippen molar-refractivity contribution in [3.63, 3.8) is 0 Å². The Kier molecular flexibility index (Phi) is 6.28. The van der Waals surface area contributed by atoms with Gasteiger partial charge in [-0.2, -0.15) is 4.98 Å². The van der Waals surface area contributed by atoms with Crippen LogP contribution in [0.15, 0.2) is 51.9 Å². The third-order valence-corrected chi connectivity index (χ3v) is 7.06. The highest BCUT2D eigenvalue weighted by atomic mass is 32.2. The molecule has 0 atom stereocenters. The molecule has 0 aliphatic carbocycles. The summed E-state index contributed by atoms with van der Waals surface area (Å²) >= 11 is 0. The topological polar surface area (TPSA) is 122 Å². The summed E-state index contributed by atoms with van der Waals surface area (Å²) in [6, 6.07) is 11.0. The second kappa shape index (κ2) is 9.14. The number of carbonyl (C=O) groups is 2. The highest BCUT2D eigenvalue weighted by Gasteiger charge is 2.25. The summed E-state index contributed by atoms with van der Waals surface area (Å²) in [4.78, 5) is 30.0. The standard InChI is InChI=1S/C23H24N4O5S/c1-15-6-7-18(21-24-22(32-25-21)23(29)27-12-4-3-5-13-27)14-20(15)33(30,31)26-19-10-8-17(9-11-19)16(2)28/h6-11,14,26H,3-5,12-13H2,1-2H3. The van der Waals surface area contributed by atoms with Gasteiger partial charge in [0, 0.05) is 29.9 Å². The largest absolute Gasteiger partial charge is 0.334 e. The van der Waals surface area contributed by atoms with E-state index in [1.807, 2.05) is 0 Å². The number of nitrogens with zero attached hydrogens (tertiary/aromatic N) is 3. The Balaban J connectivity index is 1.58. The minimum atomic E-state index is -3.93. The molecule has 0 radical (unpaired) electrons. The van der Waals surface area contributed by atoms with Crippen LogP contribution in [-0.2, 0) is 10.0 Å². The average Bonchev–Trinajstić information content (AvgIpc) is 3.30. The molecule has 10 heteroatoms. The minimum absolute atomic E-state index is 0.0457. The lowest BCUT2D eigenvalue weighted by Gasteiger charge is -2.24. The van der Waals surface area contributed by atoms with Gasteiger partial charge in [0.2, 0.25) is 5.82 Å². The van der Waals surface area contributed by atoms with E-state index in [2.05, 4.69) is 14.9 Å². The van der Waals surface area contributed by atoms with Crippen LogP contribution in [0.2, 0.25) is 0 Å². The first-order valence-corrected chi connectivity index (χ1v) is 12.1. The molecule has 1 N–H and O–H groups in total. The smallest absolute Gasteiger partial charge is 0.316 e. The molecule has 3 aromatic rings. The van der Waals surface area contributed by atoms with Gasteiger partial charge in [-0.05, 0) is 69.0 Å². The fraction of sp³-hybridized carbons (Fsp3) is 0.304. The van der Waals surface area contributed by atoms with Crippen molar-refractivity contribution >= 4 is 27.4 Å². The number of ketones is 1. The van der Waals surface area contributed by atoms with Crippen molar-refractivity contribution in [2.45, 2.75) is 38.0 Å². The number of hydrogen-bond donors (Lipinski definition) is 1. The zero-order chi connectivity index (χ0) is 23.6. The maximum Gasteiger partial charge on any atom is 0.316 e. The van der Waals surface area contributed by atoms with Gasteiger partial charge in [-0.1, -0.05) is 17.3 Å².